The zero-order valence-electron chi connectivity index (χ0n) is 12.3. The van der Waals surface area contributed by atoms with E-state index in [-0.39, 0.29) is 11.9 Å². The second kappa shape index (κ2) is 6.04. The van der Waals surface area contributed by atoms with Gasteiger partial charge in [0.2, 0.25) is 0 Å². The van der Waals surface area contributed by atoms with Gasteiger partial charge in [-0.25, -0.2) is 0 Å². The summed E-state index contributed by atoms with van der Waals surface area (Å²) in [6.07, 6.45) is -0.102. The summed E-state index contributed by atoms with van der Waals surface area (Å²) in [6, 6.07) is 8.28. The van der Waals surface area contributed by atoms with E-state index in [9.17, 15) is 0 Å². The molecule has 1 heterocycles. The van der Waals surface area contributed by atoms with Gasteiger partial charge in [-0.3, -0.25) is 0 Å². The molecular weight excluding hydrogens is 240 g/mol. The lowest BCUT2D eigenvalue weighted by atomic mass is 10.1. The van der Waals surface area contributed by atoms with Gasteiger partial charge in [0.1, 0.15) is 5.60 Å². The molecule has 0 aromatic heterocycles. The van der Waals surface area contributed by atoms with E-state index in [1.165, 1.54) is 11.1 Å². The molecule has 1 aromatic carbocycles. The lowest BCUT2D eigenvalue weighted by Crippen LogP contribution is -2.48. The van der Waals surface area contributed by atoms with Crippen LogP contribution in [0.3, 0.4) is 0 Å². The first-order valence-corrected chi connectivity index (χ1v) is 6.92. The van der Waals surface area contributed by atoms with Crippen molar-refractivity contribution in [3.8, 4) is 0 Å². The highest BCUT2D eigenvalue weighted by Crippen LogP contribution is 2.24. The van der Waals surface area contributed by atoms with Gasteiger partial charge in [0, 0.05) is 5.92 Å². The molecule has 0 saturated carbocycles. The van der Waals surface area contributed by atoms with Gasteiger partial charge in [-0.1, -0.05) is 38.1 Å². The molecule has 0 radical (unpaired) electrons. The summed E-state index contributed by atoms with van der Waals surface area (Å²) in [4.78, 5) is 0. The first-order valence-electron chi connectivity index (χ1n) is 6.92. The quantitative estimate of drug-likeness (QED) is 0.835. The number of rotatable bonds is 4. The van der Waals surface area contributed by atoms with E-state index in [1.807, 2.05) is 19.1 Å². The van der Waals surface area contributed by atoms with Crippen molar-refractivity contribution in [2.75, 3.05) is 13.2 Å². The Bertz CT molecular complexity index is 406. The summed E-state index contributed by atoms with van der Waals surface area (Å²) < 4.78 is 17.5. The van der Waals surface area contributed by atoms with Gasteiger partial charge in [-0.2, -0.15) is 0 Å². The minimum absolute atomic E-state index is 0.102. The van der Waals surface area contributed by atoms with Gasteiger partial charge in [0.15, 0.2) is 6.29 Å². The van der Waals surface area contributed by atoms with E-state index < -0.39 is 0 Å². The Labute approximate surface area is 115 Å². The van der Waals surface area contributed by atoms with Crippen LogP contribution in [-0.2, 0) is 20.8 Å². The van der Waals surface area contributed by atoms with Gasteiger partial charge in [-0.05, 0) is 25.0 Å². The Kier molecular flexibility index (Phi) is 4.61. The Hall–Kier alpha value is -0.900. The second-order valence-corrected chi connectivity index (χ2v) is 5.90. The molecule has 2 rings (SSSR count). The number of ether oxygens (including phenoxy) is 3. The van der Waals surface area contributed by atoms with Crippen LogP contribution in [0.1, 0.15) is 31.9 Å². The van der Waals surface area contributed by atoms with Crippen LogP contribution in [0.25, 0.3) is 0 Å². The molecule has 106 valence electrons. The molecule has 3 heteroatoms. The maximum atomic E-state index is 6.02. The van der Waals surface area contributed by atoms with Crippen molar-refractivity contribution < 1.29 is 14.2 Å². The molecule has 0 N–H and O–H groups in total. The SMILES string of the molecule is Cc1ccccc1CO[C@]1(C)CO[C@H](C(C)C)OC1. The van der Waals surface area contributed by atoms with E-state index in [2.05, 4.69) is 32.9 Å². The molecule has 0 atom stereocenters. The van der Waals surface area contributed by atoms with Crippen LogP contribution in [-0.4, -0.2) is 25.1 Å². The first-order chi connectivity index (χ1) is 9.00. The largest absolute Gasteiger partial charge is 0.366 e. The van der Waals surface area contributed by atoms with Crippen molar-refractivity contribution in [2.24, 2.45) is 5.92 Å². The second-order valence-electron chi connectivity index (χ2n) is 5.90. The lowest BCUT2D eigenvalue weighted by molar-refractivity contribution is -0.275. The zero-order valence-corrected chi connectivity index (χ0v) is 12.3. The molecule has 1 aliphatic rings. The number of aryl methyl sites for hydroxylation is 1. The van der Waals surface area contributed by atoms with E-state index in [1.54, 1.807) is 0 Å². The van der Waals surface area contributed by atoms with E-state index >= 15 is 0 Å². The molecular formula is C16H24O3. The third-order valence-electron chi connectivity index (χ3n) is 3.49. The Morgan fingerprint density at radius 3 is 2.47 bits per heavy atom. The molecule has 0 bridgehead atoms. The summed E-state index contributed by atoms with van der Waals surface area (Å²) in [5.74, 6) is 0.376. The Morgan fingerprint density at radius 2 is 1.89 bits per heavy atom. The molecule has 0 spiro atoms. The Balaban J connectivity index is 1.88. The highest BCUT2D eigenvalue weighted by molar-refractivity contribution is 5.24. The summed E-state index contributed by atoms with van der Waals surface area (Å²) in [7, 11) is 0. The van der Waals surface area contributed by atoms with Crippen molar-refractivity contribution in [1.29, 1.82) is 0 Å². The monoisotopic (exact) mass is 264 g/mol. The maximum absolute atomic E-state index is 6.02. The summed E-state index contributed by atoms with van der Waals surface area (Å²) in [5, 5.41) is 0. The normalized spacial score (nSPS) is 27.7. The highest BCUT2D eigenvalue weighted by Gasteiger charge is 2.34. The van der Waals surface area contributed by atoms with Crippen molar-refractivity contribution in [3.63, 3.8) is 0 Å². The molecule has 0 amide bonds. The number of hydrogen-bond donors (Lipinski definition) is 0. The fourth-order valence-electron chi connectivity index (χ4n) is 2.10. The molecule has 0 unspecified atom stereocenters. The van der Waals surface area contributed by atoms with Gasteiger partial charge >= 0.3 is 0 Å². The zero-order chi connectivity index (χ0) is 13.9. The minimum Gasteiger partial charge on any atom is -0.366 e. The van der Waals surface area contributed by atoms with Gasteiger partial charge in [0.05, 0.1) is 19.8 Å². The predicted octanol–water partition coefficient (Wildman–Crippen LogP) is 3.30. The van der Waals surface area contributed by atoms with Crippen LogP contribution in [0.4, 0.5) is 0 Å². The van der Waals surface area contributed by atoms with Crippen LogP contribution >= 0.6 is 0 Å². The number of benzene rings is 1. The fourth-order valence-corrected chi connectivity index (χ4v) is 2.10. The highest BCUT2D eigenvalue weighted by atomic mass is 16.7. The third-order valence-corrected chi connectivity index (χ3v) is 3.49. The van der Waals surface area contributed by atoms with Crippen molar-refractivity contribution >= 4 is 0 Å². The molecule has 1 aromatic rings. The van der Waals surface area contributed by atoms with Crippen LogP contribution in [0.2, 0.25) is 0 Å². The predicted molar refractivity (Wildman–Crippen MR) is 74.9 cm³/mol. The van der Waals surface area contributed by atoms with Crippen LogP contribution in [0, 0.1) is 12.8 Å². The molecule has 0 aliphatic carbocycles. The van der Waals surface area contributed by atoms with Gasteiger partial charge < -0.3 is 14.2 Å². The van der Waals surface area contributed by atoms with Crippen molar-refractivity contribution in [2.45, 2.75) is 46.2 Å². The third kappa shape index (κ3) is 3.78. The molecule has 19 heavy (non-hydrogen) atoms. The van der Waals surface area contributed by atoms with Crippen LogP contribution < -0.4 is 0 Å². The fraction of sp³-hybridized carbons (Fsp3) is 0.625. The van der Waals surface area contributed by atoms with Crippen LogP contribution in [0.15, 0.2) is 24.3 Å². The average molecular weight is 264 g/mol. The topological polar surface area (TPSA) is 27.7 Å². The molecule has 3 nitrogen and oxygen atoms in total. The summed E-state index contributed by atoms with van der Waals surface area (Å²) in [6.45, 7) is 10.1. The minimum atomic E-state index is -0.354. The van der Waals surface area contributed by atoms with Crippen molar-refractivity contribution in [1.82, 2.24) is 0 Å². The maximum Gasteiger partial charge on any atom is 0.160 e. The summed E-state index contributed by atoms with van der Waals surface area (Å²) in [5.41, 5.74) is 2.12. The van der Waals surface area contributed by atoms with E-state index in [0.717, 1.165) is 0 Å². The van der Waals surface area contributed by atoms with Crippen molar-refractivity contribution in [3.05, 3.63) is 35.4 Å². The molecule has 1 saturated heterocycles. The smallest absolute Gasteiger partial charge is 0.160 e. The first kappa shape index (κ1) is 14.5. The van der Waals surface area contributed by atoms with Gasteiger partial charge in [-0.15, -0.1) is 0 Å². The average Bonchev–Trinajstić information content (AvgIpc) is 2.38. The number of hydrogen-bond acceptors (Lipinski definition) is 3. The molecule has 1 fully saturated rings. The van der Waals surface area contributed by atoms with E-state index in [4.69, 9.17) is 14.2 Å². The lowest BCUT2D eigenvalue weighted by Gasteiger charge is -2.38. The molecule has 1 aliphatic heterocycles. The Morgan fingerprint density at radius 1 is 1.26 bits per heavy atom. The standard InChI is InChI=1S/C16H24O3/c1-12(2)15-17-10-16(4,11-18-15)19-9-14-8-6-5-7-13(14)3/h5-8,12,15H,9-11H2,1-4H3/t15-,16+. The van der Waals surface area contributed by atoms with Crippen LogP contribution in [0.5, 0.6) is 0 Å². The summed E-state index contributed by atoms with van der Waals surface area (Å²) >= 11 is 0. The van der Waals surface area contributed by atoms with Gasteiger partial charge in [0.25, 0.3) is 0 Å². The van der Waals surface area contributed by atoms with E-state index in [0.29, 0.717) is 25.7 Å².